The van der Waals surface area contributed by atoms with Crippen molar-refractivity contribution in [3.8, 4) is 0 Å². The van der Waals surface area contributed by atoms with Gasteiger partial charge in [0.1, 0.15) is 0 Å². The fourth-order valence-electron chi connectivity index (χ4n) is 2.85. The molecule has 0 aliphatic heterocycles. The van der Waals surface area contributed by atoms with E-state index in [0.717, 1.165) is 18.7 Å². The van der Waals surface area contributed by atoms with Crippen molar-refractivity contribution in [3.63, 3.8) is 0 Å². The molecule has 0 bridgehead atoms. The molecule has 0 spiro atoms. The van der Waals surface area contributed by atoms with Crippen LogP contribution in [0.5, 0.6) is 0 Å². The quantitative estimate of drug-likeness (QED) is 0.912. The van der Waals surface area contributed by atoms with Crippen molar-refractivity contribution >= 4 is 0 Å². The van der Waals surface area contributed by atoms with Gasteiger partial charge in [0.25, 0.3) is 0 Å². The van der Waals surface area contributed by atoms with Gasteiger partial charge in [-0.05, 0) is 42.4 Å². The molecule has 0 saturated heterocycles. The molecule has 1 heterocycles. The second kappa shape index (κ2) is 5.13. The molecule has 1 atom stereocenters. The van der Waals surface area contributed by atoms with Crippen molar-refractivity contribution < 1.29 is 0 Å². The number of hydrogen-bond acceptors (Lipinski definition) is 3. The SMILES string of the molecule is CCCn1nncc1C(N)c1ccc2c(c1)CCC2. The maximum atomic E-state index is 6.39. The van der Waals surface area contributed by atoms with Crippen LogP contribution in [-0.2, 0) is 19.4 Å². The fraction of sp³-hybridized carbons (Fsp3) is 0.467. The molecule has 1 aromatic heterocycles. The average Bonchev–Trinajstić information content (AvgIpc) is 3.05. The van der Waals surface area contributed by atoms with Gasteiger partial charge in [-0.15, -0.1) is 5.10 Å². The number of nitrogens with zero attached hydrogens (tertiary/aromatic N) is 3. The van der Waals surface area contributed by atoms with Crippen molar-refractivity contribution in [1.29, 1.82) is 0 Å². The summed E-state index contributed by atoms with van der Waals surface area (Å²) in [6, 6.07) is 6.51. The summed E-state index contributed by atoms with van der Waals surface area (Å²) in [6.07, 6.45) is 6.48. The molecule has 4 nitrogen and oxygen atoms in total. The molecule has 4 heteroatoms. The van der Waals surface area contributed by atoms with E-state index in [1.165, 1.54) is 36.0 Å². The van der Waals surface area contributed by atoms with Crippen LogP contribution in [0.25, 0.3) is 0 Å². The second-order valence-electron chi connectivity index (χ2n) is 5.24. The van der Waals surface area contributed by atoms with Crippen molar-refractivity contribution in [2.45, 2.75) is 45.2 Å². The van der Waals surface area contributed by atoms with Crippen LogP contribution in [0.3, 0.4) is 0 Å². The normalized spacial score (nSPS) is 15.5. The van der Waals surface area contributed by atoms with Crippen LogP contribution in [0.2, 0.25) is 0 Å². The predicted octanol–water partition coefficient (Wildman–Crippen LogP) is 2.22. The number of fused-ring (bicyclic) bond motifs is 1. The van der Waals surface area contributed by atoms with Crippen LogP contribution < -0.4 is 5.73 Å². The third kappa shape index (κ3) is 2.28. The van der Waals surface area contributed by atoms with Crippen molar-refractivity contribution in [2.75, 3.05) is 0 Å². The summed E-state index contributed by atoms with van der Waals surface area (Å²) in [4.78, 5) is 0. The van der Waals surface area contributed by atoms with Crippen LogP contribution >= 0.6 is 0 Å². The summed E-state index contributed by atoms with van der Waals surface area (Å²) >= 11 is 0. The smallest absolute Gasteiger partial charge is 0.0799 e. The number of nitrogens with two attached hydrogens (primary N) is 1. The van der Waals surface area contributed by atoms with Gasteiger partial charge < -0.3 is 5.73 Å². The zero-order valence-electron chi connectivity index (χ0n) is 11.3. The summed E-state index contributed by atoms with van der Waals surface area (Å²) in [7, 11) is 0. The third-order valence-corrected chi connectivity index (χ3v) is 3.88. The Balaban J connectivity index is 1.90. The first kappa shape index (κ1) is 12.4. The van der Waals surface area contributed by atoms with Crippen LogP contribution in [-0.4, -0.2) is 15.0 Å². The van der Waals surface area contributed by atoms with Crippen LogP contribution in [0.1, 0.15) is 48.2 Å². The molecule has 0 fully saturated rings. The largest absolute Gasteiger partial charge is 0.319 e. The first-order valence-corrected chi connectivity index (χ1v) is 7.05. The fourth-order valence-corrected chi connectivity index (χ4v) is 2.85. The molecule has 1 aliphatic carbocycles. The van der Waals surface area contributed by atoms with E-state index < -0.39 is 0 Å². The minimum absolute atomic E-state index is 0.132. The van der Waals surface area contributed by atoms with E-state index >= 15 is 0 Å². The standard InChI is InChI=1S/C15H20N4/c1-2-8-19-14(10-17-18-19)15(16)13-7-6-11-4-3-5-12(11)9-13/h6-7,9-10,15H,2-5,8,16H2,1H3. The Morgan fingerprint density at radius 1 is 1.32 bits per heavy atom. The van der Waals surface area contributed by atoms with Crippen molar-refractivity contribution in [2.24, 2.45) is 5.73 Å². The molecular formula is C15H20N4. The predicted molar refractivity (Wildman–Crippen MR) is 74.8 cm³/mol. The zero-order chi connectivity index (χ0) is 13.2. The average molecular weight is 256 g/mol. The number of rotatable bonds is 4. The van der Waals surface area contributed by atoms with E-state index in [2.05, 4.69) is 35.4 Å². The highest BCUT2D eigenvalue weighted by atomic mass is 15.4. The van der Waals surface area contributed by atoms with Crippen molar-refractivity contribution in [1.82, 2.24) is 15.0 Å². The molecule has 0 saturated carbocycles. The molecule has 3 rings (SSSR count). The van der Waals surface area contributed by atoms with Crippen LogP contribution in [0.4, 0.5) is 0 Å². The maximum Gasteiger partial charge on any atom is 0.0799 e. The summed E-state index contributed by atoms with van der Waals surface area (Å²) in [5, 5.41) is 8.10. The van der Waals surface area contributed by atoms with Gasteiger partial charge in [0, 0.05) is 6.54 Å². The van der Waals surface area contributed by atoms with Gasteiger partial charge in [-0.1, -0.05) is 30.3 Å². The van der Waals surface area contributed by atoms with E-state index in [4.69, 9.17) is 5.73 Å². The van der Waals surface area contributed by atoms with E-state index in [1.54, 1.807) is 6.20 Å². The summed E-state index contributed by atoms with van der Waals surface area (Å²) in [6.45, 7) is 3.00. The molecule has 1 aliphatic rings. The summed E-state index contributed by atoms with van der Waals surface area (Å²) in [5.41, 5.74) is 11.5. The van der Waals surface area contributed by atoms with Gasteiger partial charge in [-0.25, -0.2) is 4.68 Å². The summed E-state index contributed by atoms with van der Waals surface area (Å²) < 4.78 is 1.91. The number of benzene rings is 1. The maximum absolute atomic E-state index is 6.39. The Hall–Kier alpha value is -1.68. The van der Waals surface area contributed by atoms with Gasteiger partial charge in [0.05, 0.1) is 17.9 Å². The molecule has 100 valence electrons. The monoisotopic (exact) mass is 256 g/mol. The van der Waals surface area contributed by atoms with Gasteiger partial charge in [0.2, 0.25) is 0 Å². The van der Waals surface area contributed by atoms with Crippen LogP contribution in [0, 0.1) is 0 Å². The minimum Gasteiger partial charge on any atom is -0.319 e. The van der Waals surface area contributed by atoms with E-state index in [1.807, 2.05) is 4.68 Å². The molecule has 0 radical (unpaired) electrons. The Bertz CT molecular complexity index is 573. The highest BCUT2D eigenvalue weighted by Crippen LogP contribution is 2.27. The second-order valence-corrected chi connectivity index (χ2v) is 5.24. The molecule has 1 unspecified atom stereocenters. The lowest BCUT2D eigenvalue weighted by atomic mass is 10.00. The number of hydrogen-bond donors (Lipinski definition) is 1. The molecule has 2 N–H and O–H groups in total. The number of aryl methyl sites for hydroxylation is 3. The molecule has 1 aromatic carbocycles. The van der Waals surface area contributed by atoms with E-state index in [9.17, 15) is 0 Å². The van der Waals surface area contributed by atoms with Gasteiger partial charge >= 0.3 is 0 Å². The lowest BCUT2D eigenvalue weighted by molar-refractivity contribution is 0.543. The highest BCUT2D eigenvalue weighted by molar-refractivity contribution is 5.38. The van der Waals surface area contributed by atoms with Crippen molar-refractivity contribution in [3.05, 3.63) is 46.8 Å². The summed E-state index contributed by atoms with van der Waals surface area (Å²) in [5.74, 6) is 0. The van der Waals surface area contributed by atoms with Gasteiger partial charge in [0.15, 0.2) is 0 Å². The zero-order valence-corrected chi connectivity index (χ0v) is 11.3. The Kier molecular flexibility index (Phi) is 3.34. The first-order chi connectivity index (χ1) is 9.29. The molecular weight excluding hydrogens is 236 g/mol. The lowest BCUT2D eigenvalue weighted by Gasteiger charge is -2.14. The Morgan fingerprint density at radius 3 is 3.00 bits per heavy atom. The van der Waals surface area contributed by atoms with E-state index in [-0.39, 0.29) is 6.04 Å². The molecule has 2 aromatic rings. The number of aromatic nitrogens is 3. The Labute approximate surface area is 113 Å². The lowest BCUT2D eigenvalue weighted by Crippen LogP contribution is -2.17. The molecule has 19 heavy (non-hydrogen) atoms. The minimum atomic E-state index is -0.132. The van der Waals surface area contributed by atoms with Crippen LogP contribution in [0.15, 0.2) is 24.4 Å². The third-order valence-electron chi connectivity index (χ3n) is 3.88. The van der Waals surface area contributed by atoms with Gasteiger partial charge in [-0.2, -0.15) is 0 Å². The highest BCUT2D eigenvalue weighted by Gasteiger charge is 2.17. The molecule has 0 amide bonds. The first-order valence-electron chi connectivity index (χ1n) is 7.05. The van der Waals surface area contributed by atoms with E-state index in [0.29, 0.717) is 0 Å². The Morgan fingerprint density at radius 2 is 2.16 bits per heavy atom. The topological polar surface area (TPSA) is 56.7 Å². The van der Waals surface area contributed by atoms with Gasteiger partial charge in [-0.3, -0.25) is 0 Å².